The molecule has 1 rings (SSSR count). The second kappa shape index (κ2) is 8.83. The molecule has 0 bridgehead atoms. The lowest BCUT2D eigenvalue weighted by Crippen LogP contribution is -2.28. The van der Waals surface area contributed by atoms with Crippen LogP contribution in [-0.4, -0.2) is 12.5 Å². The molecule has 1 amide bonds. The molecule has 3 heteroatoms. The van der Waals surface area contributed by atoms with Gasteiger partial charge in [0.25, 0.3) is 0 Å². The van der Waals surface area contributed by atoms with Gasteiger partial charge in [-0.25, -0.2) is 0 Å². The molecule has 0 aliphatic carbocycles. The molecule has 1 aromatic rings. The van der Waals surface area contributed by atoms with E-state index in [2.05, 4.69) is 57.3 Å². The van der Waals surface area contributed by atoms with Crippen molar-refractivity contribution in [2.24, 2.45) is 17.6 Å². The third-order valence-electron chi connectivity index (χ3n) is 3.75. The summed E-state index contributed by atoms with van der Waals surface area (Å²) >= 11 is 0. The van der Waals surface area contributed by atoms with Crippen LogP contribution in [0.1, 0.15) is 57.6 Å². The summed E-state index contributed by atoms with van der Waals surface area (Å²) in [7, 11) is 0. The van der Waals surface area contributed by atoms with Crippen molar-refractivity contribution < 1.29 is 4.79 Å². The number of amides is 1. The zero-order chi connectivity index (χ0) is 15.8. The van der Waals surface area contributed by atoms with Crippen LogP contribution in [0.2, 0.25) is 0 Å². The first-order valence-electron chi connectivity index (χ1n) is 7.98. The molecule has 0 aliphatic rings. The van der Waals surface area contributed by atoms with E-state index in [0.717, 1.165) is 12.0 Å². The fourth-order valence-corrected chi connectivity index (χ4v) is 2.48. The lowest BCUT2D eigenvalue weighted by atomic mass is 9.94. The quantitative estimate of drug-likeness (QED) is 0.770. The largest absolute Gasteiger partial charge is 0.352 e. The molecular weight excluding hydrogens is 260 g/mol. The van der Waals surface area contributed by atoms with Crippen molar-refractivity contribution in [2.45, 2.75) is 53.0 Å². The number of hydrogen-bond acceptors (Lipinski definition) is 2. The van der Waals surface area contributed by atoms with Gasteiger partial charge in [-0.1, -0.05) is 52.0 Å². The van der Waals surface area contributed by atoms with E-state index in [9.17, 15) is 4.79 Å². The molecule has 0 spiro atoms. The van der Waals surface area contributed by atoms with E-state index < -0.39 is 0 Å². The Labute approximate surface area is 129 Å². The summed E-state index contributed by atoms with van der Waals surface area (Å²) in [5.74, 6) is 1.50. The molecule has 0 fully saturated rings. The van der Waals surface area contributed by atoms with Crippen molar-refractivity contribution in [3.63, 3.8) is 0 Å². The molecule has 0 saturated heterocycles. The second-order valence-electron chi connectivity index (χ2n) is 6.61. The van der Waals surface area contributed by atoms with Crippen LogP contribution in [0.4, 0.5) is 0 Å². The highest BCUT2D eigenvalue weighted by Gasteiger charge is 2.13. The van der Waals surface area contributed by atoms with Gasteiger partial charge < -0.3 is 11.1 Å². The predicted octanol–water partition coefficient (Wildman–Crippen LogP) is 3.44. The smallest absolute Gasteiger partial charge is 0.220 e. The van der Waals surface area contributed by atoms with Crippen LogP contribution >= 0.6 is 0 Å². The zero-order valence-electron chi connectivity index (χ0n) is 13.9. The van der Waals surface area contributed by atoms with Gasteiger partial charge in [0.2, 0.25) is 5.91 Å². The van der Waals surface area contributed by atoms with E-state index in [1.165, 1.54) is 5.56 Å². The van der Waals surface area contributed by atoms with Crippen LogP contribution in [0.3, 0.4) is 0 Å². The van der Waals surface area contributed by atoms with E-state index in [-0.39, 0.29) is 11.8 Å². The van der Waals surface area contributed by atoms with Crippen LogP contribution < -0.4 is 11.1 Å². The van der Waals surface area contributed by atoms with Gasteiger partial charge in [-0.15, -0.1) is 0 Å². The average Bonchev–Trinajstić information content (AvgIpc) is 2.44. The molecule has 21 heavy (non-hydrogen) atoms. The molecule has 0 aromatic heterocycles. The normalized spacial score (nSPS) is 12.7. The first-order valence-corrected chi connectivity index (χ1v) is 7.98. The number of nitrogens with one attached hydrogen (secondary N) is 1. The van der Waals surface area contributed by atoms with E-state index in [1.54, 1.807) is 0 Å². The predicted molar refractivity (Wildman–Crippen MR) is 89.0 cm³/mol. The molecule has 0 radical (unpaired) electrons. The van der Waals surface area contributed by atoms with E-state index >= 15 is 0 Å². The van der Waals surface area contributed by atoms with E-state index in [0.29, 0.717) is 31.3 Å². The van der Waals surface area contributed by atoms with Gasteiger partial charge >= 0.3 is 0 Å². The summed E-state index contributed by atoms with van der Waals surface area (Å²) in [4.78, 5) is 12.0. The van der Waals surface area contributed by atoms with Crippen molar-refractivity contribution in [3.05, 3.63) is 35.4 Å². The second-order valence-corrected chi connectivity index (χ2v) is 6.61. The fraction of sp³-hybridized carbons (Fsp3) is 0.611. The van der Waals surface area contributed by atoms with Crippen LogP contribution in [0, 0.1) is 11.8 Å². The van der Waals surface area contributed by atoms with Gasteiger partial charge in [-0.2, -0.15) is 0 Å². The summed E-state index contributed by atoms with van der Waals surface area (Å²) in [6.45, 7) is 9.86. The summed E-state index contributed by atoms with van der Waals surface area (Å²) in [5, 5.41) is 2.99. The topological polar surface area (TPSA) is 55.1 Å². The Morgan fingerprint density at radius 2 is 1.76 bits per heavy atom. The minimum atomic E-state index is 0.0963. The monoisotopic (exact) mass is 290 g/mol. The van der Waals surface area contributed by atoms with Crippen molar-refractivity contribution in [1.82, 2.24) is 5.32 Å². The maximum atomic E-state index is 12.0. The Balaban J connectivity index is 2.41. The highest BCUT2D eigenvalue weighted by molar-refractivity contribution is 5.76. The number of carbonyl (C=O) groups is 1. The van der Waals surface area contributed by atoms with Crippen molar-refractivity contribution in [1.29, 1.82) is 0 Å². The highest BCUT2D eigenvalue weighted by Crippen LogP contribution is 2.15. The molecule has 118 valence electrons. The number of benzene rings is 1. The standard InChI is InChI=1S/C18H30N2O/c1-13(2)9-16(11-19)10-18(21)20-12-15-5-7-17(8-6-15)14(3)4/h5-8,13-14,16H,9-12,19H2,1-4H3,(H,20,21). The van der Waals surface area contributed by atoms with E-state index in [1.807, 2.05) is 0 Å². The van der Waals surface area contributed by atoms with Crippen LogP contribution in [0.25, 0.3) is 0 Å². The molecule has 1 aromatic carbocycles. The molecule has 0 heterocycles. The Bertz CT molecular complexity index is 423. The summed E-state index contributed by atoms with van der Waals surface area (Å²) in [6, 6.07) is 8.44. The average molecular weight is 290 g/mol. The fourth-order valence-electron chi connectivity index (χ4n) is 2.48. The maximum Gasteiger partial charge on any atom is 0.220 e. The lowest BCUT2D eigenvalue weighted by molar-refractivity contribution is -0.122. The lowest BCUT2D eigenvalue weighted by Gasteiger charge is -2.16. The molecular formula is C18H30N2O. The summed E-state index contributed by atoms with van der Waals surface area (Å²) < 4.78 is 0. The molecule has 1 atom stereocenters. The van der Waals surface area contributed by atoms with Gasteiger partial charge in [0.05, 0.1) is 0 Å². The Kier molecular flexibility index (Phi) is 7.44. The molecule has 1 unspecified atom stereocenters. The summed E-state index contributed by atoms with van der Waals surface area (Å²) in [6.07, 6.45) is 1.53. The number of carbonyl (C=O) groups excluding carboxylic acids is 1. The first kappa shape index (κ1) is 17.7. The number of hydrogen-bond donors (Lipinski definition) is 2. The SMILES string of the molecule is CC(C)CC(CN)CC(=O)NCc1ccc(C(C)C)cc1. The van der Waals surface area contributed by atoms with Gasteiger partial charge in [-0.3, -0.25) is 4.79 Å². The van der Waals surface area contributed by atoms with Crippen molar-refractivity contribution >= 4 is 5.91 Å². The van der Waals surface area contributed by atoms with Gasteiger partial charge in [0.1, 0.15) is 0 Å². The minimum Gasteiger partial charge on any atom is -0.352 e. The Morgan fingerprint density at radius 1 is 1.14 bits per heavy atom. The van der Waals surface area contributed by atoms with Gasteiger partial charge in [-0.05, 0) is 41.8 Å². The molecule has 0 aliphatic heterocycles. The molecule has 0 saturated carbocycles. The number of nitrogens with two attached hydrogens (primary N) is 1. The maximum absolute atomic E-state index is 12.0. The van der Waals surface area contributed by atoms with Crippen LogP contribution in [-0.2, 0) is 11.3 Å². The van der Waals surface area contributed by atoms with Crippen LogP contribution in [0.5, 0.6) is 0 Å². The van der Waals surface area contributed by atoms with Crippen molar-refractivity contribution in [3.8, 4) is 0 Å². The van der Waals surface area contributed by atoms with E-state index in [4.69, 9.17) is 5.73 Å². The third kappa shape index (κ3) is 6.76. The Morgan fingerprint density at radius 3 is 2.24 bits per heavy atom. The van der Waals surface area contributed by atoms with Crippen molar-refractivity contribution in [2.75, 3.05) is 6.54 Å². The number of rotatable bonds is 8. The molecule has 3 N–H and O–H groups in total. The third-order valence-corrected chi connectivity index (χ3v) is 3.75. The zero-order valence-corrected chi connectivity index (χ0v) is 13.9. The Hall–Kier alpha value is -1.35. The summed E-state index contributed by atoms with van der Waals surface area (Å²) in [5.41, 5.74) is 8.21. The highest BCUT2D eigenvalue weighted by atomic mass is 16.1. The van der Waals surface area contributed by atoms with Gasteiger partial charge in [0, 0.05) is 13.0 Å². The van der Waals surface area contributed by atoms with Gasteiger partial charge in [0.15, 0.2) is 0 Å². The first-order chi connectivity index (χ1) is 9.92. The van der Waals surface area contributed by atoms with Crippen LogP contribution in [0.15, 0.2) is 24.3 Å². The molecule has 3 nitrogen and oxygen atoms in total. The minimum absolute atomic E-state index is 0.0963.